The lowest BCUT2D eigenvalue weighted by atomic mass is 9.76. The number of nitrogens with two attached hydrogens (primary N) is 1. The highest BCUT2D eigenvalue weighted by Crippen LogP contribution is 2.44. The van der Waals surface area contributed by atoms with Crippen LogP contribution in [-0.4, -0.2) is 74.1 Å². The lowest BCUT2D eigenvalue weighted by molar-refractivity contribution is -0.198. The van der Waals surface area contributed by atoms with E-state index in [-0.39, 0.29) is 24.3 Å². The Morgan fingerprint density at radius 3 is 2.72 bits per heavy atom. The van der Waals surface area contributed by atoms with E-state index >= 15 is 0 Å². The van der Waals surface area contributed by atoms with Gasteiger partial charge in [-0.15, -0.1) is 0 Å². The van der Waals surface area contributed by atoms with Gasteiger partial charge in [-0.25, -0.2) is 15.0 Å². The maximum atomic E-state index is 12.2. The topological polar surface area (TPSA) is 127 Å². The van der Waals surface area contributed by atoms with Crippen LogP contribution in [0.1, 0.15) is 51.3 Å². The van der Waals surface area contributed by atoms with Crippen molar-refractivity contribution in [2.45, 2.75) is 82.5 Å². The van der Waals surface area contributed by atoms with Crippen LogP contribution in [0.4, 0.5) is 5.82 Å². The molecular weight excluding hydrogens is 500 g/mol. The third kappa shape index (κ3) is 5.36. The summed E-state index contributed by atoms with van der Waals surface area (Å²) >= 11 is 0. The molecule has 4 heterocycles. The highest BCUT2D eigenvalue weighted by atomic mass is 16.8. The van der Waals surface area contributed by atoms with Crippen LogP contribution >= 0.6 is 0 Å². The van der Waals surface area contributed by atoms with Crippen molar-refractivity contribution in [1.82, 2.24) is 24.4 Å². The molecule has 1 aliphatic carbocycles. The number of carbonyl (C=O) groups is 1. The van der Waals surface area contributed by atoms with E-state index in [4.69, 9.17) is 24.7 Å². The number of nitrogens with zero attached hydrogens (tertiary/aromatic N) is 5. The summed E-state index contributed by atoms with van der Waals surface area (Å²) in [5.41, 5.74) is 8.16. The summed E-state index contributed by atoms with van der Waals surface area (Å²) in [6.45, 7) is 4.89. The zero-order valence-electron chi connectivity index (χ0n) is 22.6. The van der Waals surface area contributed by atoms with E-state index in [1.165, 1.54) is 6.33 Å². The minimum atomic E-state index is -0.713. The normalized spacial score (nSPS) is 29.4. The van der Waals surface area contributed by atoms with E-state index in [0.717, 1.165) is 24.8 Å². The molecule has 6 rings (SSSR count). The molecule has 11 nitrogen and oxygen atoms in total. The number of ether oxygens (including phenoxy) is 4. The maximum Gasteiger partial charge on any atom is 0.306 e. The van der Waals surface area contributed by atoms with Gasteiger partial charge in [0.2, 0.25) is 0 Å². The Hall–Kier alpha value is -3.12. The van der Waals surface area contributed by atoms with Crippen molar-refractivity contribution < 1.29 is 23.7 Å². The van der Waals surface area contributed by atoms with Gasteiger partial charge in [-0.1, -0.05) is 30.3 Å². The Morgan fingerprint density at radius 1 is 1.15 bits per heavy atom. The predicted molar refractivity (Wildman–Crippen MR) is 142 cm³/mol. The van der Waals surface area contributed by atoms with E-state index < -0.39 is 12.0 Å². The Kier molecular flexibility index (Phi) is 7.00. The van der Waals surface area contributed by atoms with E-state index in [1.54, 1.807) is 6.33 Å². The Balaban J connectivity index is 1.02. The van der Waals surface area contributed by atoms with Crippen molar-refractivity contribution in [3.05, 3.63) is 48.5 Å². The average molecular weight is 537 g/mol. The van der Waals surface area contributed by atoms with Crippen LogP contribution in [0.5, 0.6) is 0 Å². The zero-order chi connectivity index (χ0) is 27.1. The molecule has 208 valence electrons. The number of imidazole rings is 1. The van der Waals surface area contributed by atoms with Crippen LogP contribution in [0.25, 0.3) is 11.2 Å². The minimum Gasteiger partial charge on any atom is -0.461 e. The molecule has 39 heavy (non-hydrogen) atoms. The van der Waals surface area contributed by atoms with Crippen molar-refractivity contribution in [1.29, 1.82) is 0 Å². The number of likely N-dealkylation sites (N-methyl/N-ethyl adjacent to an activating group) is 1. The summed E-state index contributed by atoms with van der Waals surface area (Å²) < 4.78 is 26.4. The maximum absolute atomic E-state index is 12.2. The van der Waals surface area contributed by atoms with Gasteiger partial charge in [0, 0.05) is 19.0 Å². The molecule has 0 spiro atoms. The van der Waals surface area contributed by atoms with Gasteiger partial charge in [0.15, 0.2) is 23.5 Å². The molecule has 0 bridgehead atoms. The van der Waals surface area contributed by atoms with E-state index in [1.807, 2.05) is 48.7 Å². The van der Waals surface area contributed by atoms with Crippen molar-refractivity contribution in [2.75, 3.05) is 19.3 Å². The summed E-state index contributed by atoms with van der Waals surface area (Å²) in [7, 11) is 2.13. The van der Waals surface area contributed by atoms with E-state index in [2.05, 4.69) is 26.9 Å². The van der Waals surface area contributed by atoms with Crippen molar-refractivity contribution >= 4 is 23.0 Å². The van der Waals surface area contributed by atoms with Crippen LogP contribution in [-0.2, 0) is 30.3 Å². The fraction of sp³-hybridized carbons (Fsp3) is 0.571. The molecule has 2 N–H and O–H groups in total. The summed E-state index contributed by atoms with van der Waals surface area (Å²) in [4.78, 5) is 27.4. The number of carbonyl (C=O) groups excluding carboxylic acids is 1. The van der Waals surface area contributed by atoms with Gasteiger partial charge in [-0.2, -0.15) is 0 Å². The van der Waals surface area contributed by atoms with Gasteiger partial charge in [0.05, 0.1) is 6.33 Å². The predicted octanol–water partition coefficient (Wildman–Crippen LogP) is 3.06. The lowest BCUT2D eigenvalue weighted by Gasteiger charge is -2.42. The van der Waals surface area contributed by atoms with Gasteiger partial charge < -0.3 is 29.6 Å². The number of hydrogen-bond acceptors (Lipinski definition) is 10. The third-order valence-corrected chi connectivity index (χ3v) is 8.09. The second kappa shape index (κ2) is 10.5. The Labute approximate surface area is 227 Å². The first-order chi connectivity index (χ1) is 18.8. The zero-order valence-corrected chi connectivity index (χ0v) is 22.6. The minimum absolute atomic E-state index is 0.132. The molecule has 3 aliphatic rings. The third-order valence-electron chi connectivity index (χ3n) is 8.09. The van der Waals surface area contributed by atoms with Crippen LogP contribution in [0.15, 0.2) is 43.0 Å². The number of nitrogen functional groups attached to an aromatic ring is 1. The first-order valence-electron chi connectivity index (χ1n) is 13.6. The fourth-order valence-electron chi connectivity index (χ4n) is 5.95. The second-order valence-corrected chi connectivity index (χ2v) is 11.3. The number of benzene rings is 1. The number of rotatable bonds is 9. The molecule has 4 atom stereocenters. The first-order valence-corrected chi connectivity index (χ1v) is 13.6. The van der Waals surface area contributed by atoms with Crippen LogP contribution in [0.3, 0.4) is 0 Å². The molecule has 2 aromatic heterocycles. The summed E-state index contributed by atoms with van der Waals surface area (Å²) in [6.07, 6.45) is 5.38. The molecule has 0 radical (unpaired) electrons. The number of esters is 1. The molecular formula is C28H36N6O5. The number of anilines is 1. The lowest BCUT2D eigenvalue weighted by Crippen LogP contribution is -2.48. The standard InChI is InChI=1S/C28H36N6O5/c1-28(2)38-23-20(37-27(24(23)39-28)34-16-32-22-25(29)30-15-31-26(22)34)13-33(3)19-11-18(12-19)9-10-21(35)36-14-17-7-5-4-6-8-17/h4-8,15-16,18-20,23-24,27H,9-14H2,1-3H3,(H2,29,30,31)/t18?,19?,20-,23-,24-,27-/m1/s1. The molecule has 2 aliphatic heterocycles. The first kappa shape index (κ1) is 26.1. The van der Waals surface area contributed by atoms with Crippen LogP contribution < -0.4 is 5.73 Å². The molecule has 3 fully saturated rings. The SMILES string of the molecule is CN(C[C@H]1O[C@@H](n2cnc3c(N)ncnc32)[C@@H]2OC(C)(C)O[C@@H]21)C1CC(CCC(=O)OCc2ccccc2)C1. The second-order valence-electron chi connectivity index (χ2n) is 11.3. The van der Waals surface area contributed by atoms with Gasteiger partial charge in [0.25, 0.3) is 0 Å². The van der Waals surface area contributed by atoms with Gasteiger partial charge in [0.1, 0.15) is 36.8 Å². The number of fused-ring (bicyclic) bond motifs is 2. The number of hydrogen-bond donors (Lipinski definition) is 1. The number of aromatic nitrogens is 4. The molecule has 11 heteroatoms. The van der Waals surface area contributed by atoms with E-state index in [0.29, 0.717) is 48.5 Å². The monoisotopic (exact) mass is 536 g/mol. The molecule has 0 unspecified atom stereocenters. The quantitative estimate of drug-likeness (QED) is 0.408. The smallest absolute Gasteiger partial charge is 0.306 e. The molecule has 1 aromatic carbocycles. The fourth-order valence-corrected chi connectivity index (χ4v) is 5.95. The van der Waals surface area contributed by atoms with Crippen molar-refractivity contribution in [3.8, 4) is 0 Å². The molecule has 3 aromatic rings. The van der Waals surface area contributed by atoms with Crippen LogP contribution in [0, 0.1) is 5.92 Å². The highest BCUT2D eigenvalue weighted by Gasteiger charge is 2.56. The van der Waals surface area contributed by atoms with Crippen molar-refractivity contribution in [2.24, 2.45) is 5.92 Å². The molecule has 2 saturated heterocycles. The van der Waals surface area contributed by atoms with Gasteiger partial charge in [-0.3, -0.25) is 9.36 Å². The largest absolute Gasteiger partial charge is 0.461 e. The highest BCUT2D eigenvalue weighted by molar-refractivity contribution is 5.81. The van der Waals surface area contributed by atoms with Crippen LogP contribution in [0.2, 0.25) is 0 Å². The molecule has 1 saturated carbocycles. The molecule has 0 amide bonds. The average Bonchev–Trinajstić information content (AvgIpc) is 3.54. The Morgan fingerprint density at radius 2 is 1.92 bits per heavy atom. The summed E-state index contributed by atoms with van der Waals surface area (Å²) in [5, 5.41) is 0. The summed E-state index contributed by atoms with van der Waals surface area (Å²) in [6, 6.07) is 10.2. The van der Waals surface area contributed by atoms with Gasteiger partial charge >= 0.3 is 5.97 Å². The van der Waals surface area contributed by atoms with Crippen molar-refractivity contribution in [3.63, 3.8) is 0 Å². The Bertz CT molecular complexity index is 1310. The van der Waals surface area contributed by atoms with E-state index in [9.17, 15) is 4.79 Å². The summed E-state index contributed by atoms with van der Waals surface area (Å²) in [5.74, 6) is 0.0127. The van der Waals surface area contributed by atoms with Gasteiger partial charge in [-0.05, 0) is 51.6 Å².